The first kappa shape index (κ1) is 22.4. The molecule has 0 radical (unpaired) electrons. The number of amides is 3. The number of urea groups is 1. The number of nitrogens with zero attached hydrogens (tertiary/aromatic N) is 1. The van der Waals surface area contributed by atoms with Crippen molar-refractivity contribution in [2.45, 2.75) is 63.8 Å². The van der Waals surface area contributed by atoms with Crippen molar-refractivity contribution in [1.82, 2.24) is 5.32 Å². The molecule has 3 aliphatic rings. The maximum atomic E-state index is 13.1. The lowest BCUT2D eigenvalue weighted by Crippen LogP contribution is -2.45. The number of ether oxygens (including phenoxy) is 1. The van der Waals surface area contributed by atoms with Crippen LogP contribution >= 0.6 is 0 Å². The van der Waals surface area contributed by atoms with Crippen LogP contribution in [0.3, 0.4) is 0 Å². The molecule has 0 aromatic heterocycles. The number of esters is 1. The number of carbonyl (C=O) groups is 3. The van der Waals surface area contributed by atoms with Crippen LogP contribution in [0.5, 0.6) is 0 Å². The van der Waals surface area contributed by atoms with Gasteiger partial charge in [-0.15, -0.1) is 0 Å². The summed E-state index contributed by atoms with van der Waals surface area (Å²) < 4.78 is 4.98. The molecule has 2 aliphatic carbocycles. The Hall–Kier alpha value is -3.35. The lowest BCUT2D eigenvalue weighted by atomic mass is 9.99. The Morgan fingerprint density at radius 3 is 2.38 bits per heavy atom. The number of methoxy groups -OCH3 is 1. The zero-order valence-corrected chi connectivity index (χ0v) is 19.6. The molecule has 2 N–H and O–H groups in total. The Kier molecular flexibility index (Phi) is 6.26. The van der Waals surface area contributed by atoms with Crippen molar-refractivity contribution in [3.8, 4) is 0 Å². The third-order valence-electron chi connectivity index (χ3n) is 7.24. The molecule has 2 aromatic rings. The average molecular weight is 462 g/mol. The topological polar surface area (TPSA) is 87.7 Å². The predicted molar refractivity (Wildman–Crippen MR) is 130 cm³/mol. The predicted octanol–water partition coefficient (Wildman–Crippen LogP) is 3.70. The summed E-state index contributed by atoms with van der Waals surface area (Å²) in [5.41, 5.74) is 7.79. The molecule has 34 heavy (non-hydrogen) atoms. The number of fused-ring (bicyclic) bond motifs is 2. The van der Waals surface area contributed by atoms with E-state index in [0.717, 1.165) is 61.9 Å². The summed E-state index contributed by atoms with van der Waals surface area (Å²) in [4.78, 5) is 39.5. The largest absolute Gasteiger partial charge is 0.467 e. The molecule has 1 fully saturated rings. The summed E-state index contributed by atoms with van der Waals surface area (Å²) in [6.45, 7) is 0.703. The normalized spacial score (nSPS) is 17.3. The lowest BCUT2D eigenvalue weighted by Gasteiger charge is -2.21. The molecular formula is C27H31N3O4. The van der Waals surface area contributed by atoms with E-state index in [-0.39, 0.29) is 12.3 Å². The minimum Gasteiger partial charge on any atom is -0.467 e. The highest BCUT2D eigenvalue weighted by atomic mass is 16.5. The van der Waals surface area contributed by atoms with Crippen molar-refractivity contribution in [1.29, 1.82) is 0 Å². The van der Waals surface area contributed by atoms with Crippen molar-refractivity contribution >= 4 is 29.3 Å². The third kappa shape index (κ3) is 4.39. The summed E-state index contributed by atoms with van der Waals surface area (Å²) in [5, 5.41) is 5.93. The highest BCUT2D eigenvalue weighted by Gasteiger charge is 2.28. The van der Waals surface area contributed by atoms with Crippen molar-refractivity contribution in [2.75, 3.05) is 23.9 Å². The Morgan fingerprint density at radius 2 is 1.74 bits per heavy atom. The van der Waals surface area contributed by atoms with Crippen LogP contribution in [0.25, 0.3) is 0 Å². The molecule has 5 rings (SSSR count). The molecule has 3 amide bonds. The number of hydrogen-bond acceptors (Lipinski definition) is 4. The van der Waals surface area contributed by atoms with E-state index in [2.05, 4.69) is 16.7 Å². The van der Waals surface area contributed by atoms with Gasteiger partial charge in [0.05, 0.1) is 7.11 Å². The highest BCUT2D eigenvalue weighted by molar-refractivity contribution is 5.96. The molecular weight excluding hydrogens is 430 g/mol. The maximum Gasteiger partial charge on any atom is 0.328 e. The van der Waals surface area contributed by atoms with Crippen LogP contribution in [0.15, 0.2) is 30.3 Å². The summed E-state index contributed by atoms with van der Waals surface area (Å²) in [6, 6.07) is 8.68. The van der Waals surface area contributed by atoms with Crippen LogP contribution in [0, 0.1) is 0 Å². The molecule has 2 aromatic carbocycles. The molecule has 0 spiro atoms. The zero-order chi connectivity index (χ0) is 23.7. The van der Waals surface area contributed by atoms with Gasteiger partial charge in [-0.1, -0.05) is 18.2 Å². The molecule has 178 valence electrons. The Bertz CT molecular complexity index is 1110. The van der Waals surface area contributed by atoms with Crippen LogP contribution < -0.4 is 15.5 Å². The second-order valence-electron chi connectivity index (χ2n) is 9.43. The van der Waals surface area contributed by atoms with E-state index in [4.69, 9.17) is 4.74 Å². The van der Waals surface area contributed by atoms with Crippen molar-refractivity contribution in [2.24, 2.45) is 0 Å². The quantitative estimate of drug-likeness (QED) is 0.642. The van der Waals surface area contributed by atoms with Gasteiger partial charge in [0.2, 0.25) is 5.91 Å². The molecule has 0 saturated carbocycles. The van der Waals surface area contributed by atoms with E-state index >= 15 is 0 Å². The zero-order valence-electron chi connectivity index (χ0n) is 19.6. The summed E-state index contributed by atoms with van der Waals surface area (Å²) in [6.07, 6.45) is 7.96. The summed E-state index contributed by atoms with van der Waals surface area (Å²) in [5.74, 6) is -0.386. The van der Waals surface area contributed by atoms with Gasteiger partial charge >= 0.3 is 12.0 Å². The minimum absolute atomic E-state index is 0.113. The van der Waals surface area contributed by atoms with Gasteiger partial charge in [-0.2, -0.15) is 0 Å². The van der Waals surface area contributed by atoms with E-state index < -0.39 is 18.0 Å². The van der Waals surface area contributed by atoms with Crippen molar-refractivity contribution < 1.29 is 19.1 Å². The number of benzene rings is 2. The number of aryl methyl sites for hydroxylation is 2. The van der Waals surface area contributed by atoms with Gasteiger partial charge in [-0.05, 0) is 84.9 Å². The van der Waals surface area contributed by atoms with Crippen molar-refractivity contribution in [3.63, 3.8) is 0 Å². The first-order chi connectivity index (χ1) is 16.5. The van der Waals surface area contributed by atoms with E-state index in [1.54, 1.807) is 4.90 Å². The molecule has 7 heteroatoms. The number of nitrogens with one attached hydrogen (secondary N) is 2. The fourth-order valence-electron chi connectivity index (χ4n) is 5.62. The first-order valence-electron chi connectivity index (χ1n) is 12.2. The fourth-order valence-corrected chi connectivity index (χ4v) is 5.62. The molecule has 7 nitrogen and oxygen atoms in total. The van der Waals surface area contributed by atoms with Gasteiger partial charge in [0.15, 0.2) is 0 Å². The van der Waals surface area contributed by atoms with Gasteiger partial charge in [-0.3, -0.25) is 4.79 Å². The van der Waals surface area contributed by atoms with Gasteiger partial charge in [0, 0.05) is 30.8 Å². The summed E-state index contributed by atoms with van der Waals surface area (Å²) in [7, 11) is 1.32. The molecule has 1 unspecified atom stereocenters. The number of rotatable bonds is 6. The third-order valence-corrected chi connectivity index (χ3v) is 7.24. The molecule has 1 saturated heterocycles. The average Bonchev–Trinajstić information content (AvgIpc) is 3.59. The Morgan fingerprint density at radius 1 is 1.00 bits per heavy atom. The lowest BCUT2D eigenvalue weighted by molar-refractivity contribution is -0.142. The van der Waals surface area contributed by atoms with E-state index in [9.17, 15) is 14.4 Å². The van der Waals surface area contributed by atoms with E-state index in [0.29, 0.717) is 13.0 Å². The Balaban J connectivity index is 1.33. The highest BCUT2D eigenvalue weighted by Crippen LogP contribution is 2.38. The van der Waals surface area contributed by atoms with Crippen LogP contribution in [-0.4, -0.2) is 37.6 Å². The van der Waals surface area contributed by atoms with Crippen molar-refractivity contribution in [3.05, 3.63) is 58.1 Å². The number of carbonyl (C=O) groups excluding carboxylic acids is 3. The molecule has 0 bridgehead atoms. The SMILES string of the molecule is COC(=O)C(Cc1cccc(N2CCCC2=O)c1)NC(=O)Nc1c2c(cc3c1CCC3)CCC2. The van der Waals surface area contributed by atoms with Gasteiger partial charge in [0.1, 0.15) is 6.04 Å². The van der Waals surface area contributed by atoms with Gasteiger partial charge < -0.3 is 20.3 Å². The molecule has 1 heterocycles. The first-order valence-corrected chi connectivity index (χ1v) is 12.2. The van der Waals surface area contributed by atoms with E-state index in [1.165, 1.54) is 29.4 Å². The molecule has 1 aliphatic heterocycles. The summed E-state index contributed by atoms with van der Waals surface area (Å²) >= 11 is 0. The maximum absolute atomic E-state index is 13.1. The second-order valence-corrected chi connectivity index (χ2v) is 9.43. The van der Waals surface area contributed by atoms with Crippen LogP contribution in [0.4, 0.5) is 16.2 Å². The second kappa shape index (κ2) is 9.49. The van der Waals surface area contributed by atoms with Gasteiger partial charge in [0.25, 0.3) is 0 Å². The Labute approximate surface area is 199 Å². The number of anilines is 2. The standard InChI is InChI=1S/C27H31N3O4/c1-34-26(32)23(15-17-6-2-9-20(14-17)30-13-5-12-24(30)31)28-27(33)29-25-21-10-3-7-18(21)16-19-8-4-11-22(19)25/h2,6,9,14,16,23H,3-5,7-8,10-13,15H2,1H3,(H2,28,29,33). The monoisotopic (exact) mass is 461 g/mol. The minimum atomic E-state index is -0.834. The van der Waals surface area contributed by atoms with Gasteiger partial charge in [-0.25, -0.2) is 9.59 Å². The van der Waals surface area contributed by atoms with Crippen LogP contribution in [0.2, 0.25) is 0 Å². The number of hydrogen-bond donors (Lipinski definition) is 2. The van der Waals surface area contributed by atoms with Crippen LogP contribution in [0.1, 0.15) is 53.5 Å². The van der Waals surface area contributed by atoms with E-state index in [1.807, 2.05) is 24.3 Å². The fraction of sp³-hybridized carbons (Fsp3) is 0.444. The van der Waals surface area contributed by atoms with Crippen LogP contribution in [-0.2, 0) is 46.4 Å². The molecule has 1 atom stereocenters. The smallest absolute Gasteiger partial charge is 0.328 e.